The maximum atomic E-state index is 3.77. The van der Waals surface area contributed by atoms with Gasteiger partial charge in [0.25, 0.3) is 0 Å². The van der Waals surface area contributed by atoms with E-state index in [1.165, 1.54) is 45.4 Å². The predicted molar refractivity (Wildman–Crippen MR) is 68.7 cm³/mol. The van der Waals surface area contributed by atoms with Crippen molar-refractivity contribution in [2.75, 3.05) is 40.3 Å². The molecule has 2 unspecified atom stereocenters. The average Bonchev–Trinajstić information content (AvgIpc) is 2.58. The van der Waals surface area contributed by atoms with E-state index in [-0.39, 0.29) is 0 Å². The van der Waals surface area contributed by atoms with Crippen LogP contribution in [-0.4, -0.2) is 62.2 Å². The molecule has 2 saturated heterocycles. The van der Waals surface area contributed by atoms with E-state index in [1.54, 1.807) is 0 Å². The van der Waals surface area contributed by atoms with Gasteiger partial charge in [-0.25, -0.2) is 0 Å². The SMILES string of the molecule is CC1CC(NCC2CCN(C)CC2)CN1C. The predicted octanol–water partition coefficient (Wildman–Crippen LogP) is 1.01. The number of likely N-dealkylation sites (tertiary alicyclic amines) is 2. The van der Waals surface area contributed by atoms with Crippen LogP contribution in [0.2, 0.25) is 0 Å². The zero-order valence-electron chi connectivity index (χ0n) is 11.1. The third kappa shape index (κ3) is 3.19. The van der Waals surface area contributed by atoms with Crippen LogP contribution in [0.4, 0.5) is 0 Å². The van der Waals surface area contributed by atoms with Crippen molar-refractivity contribution in [3.05, 3.63) is 0 Å². The number of hydrogen-bond donors (Lipinski definition) is 1. The third-order valence-electron chi connectivity index (χ3n) is 4.42. The summed E-state index contributed by atoms with van der Waals surface area (Å²) in [4.78, 5) is 4.91. The molecule has 0 aliphatic carbocycles. The van der Waals surface area contributed by atoms with Gasteiger partial charge in [0.1, 0.15) is 0 Å². The Labute approximate surface area is 100 Å². The number of likely N-dealkylation sites (N-methyl/N-ethyl adjacent to an activating group) is 1. The van der Waals surface area contributed by atoms with Crippen LogP contribution in [0.5, 0.6) is 0 Å². The standard InChI is InChI=1S/C13H27N3/c1-11-8-13(10-16(11)3)14-9-12-4-6-15(2)7-5-12/h11-14H,4-10H2,1-3H3. The molecule has 94 valence electrons. The fourth-order valence-corrected chi connectivity index (χ4v) is 2.94. The maximum absolute atomic E-state index is 3.77. The Balaban J connectivity index is 1.64. The highest BCUT2D eigenvalue weighted by molar-refractivity contribution is 4.86. The monoisotopic (exact) mass is 225 g/mol. The molecular weight excluding hydrogens is 198 g/mol. The van der Waals surface area contributed by atoms with Crippen LogP contribution in [0.15, 0.2) is 0 Å². The summed E-state index contributed by atoms with van der Waals surface area (Å²) >= 11 is 0. The van der Waals surface area contributed by atoms with Gasteiger partial charge in [0.2, 0.25) is 0 Å². The molecule has 2 aliphatic rings. The van der Waals surface area contributed by atoms with Gasteiger partial charge in [0.05, 0.1) is 0 Å². The van der Waals surface area contributed by atoms with Crippen molar-refractivity contribution in [2.45, 2.75) is 38.3 Å². The lowest BCUT2D eigenvalue weighted by atomic mass is 9.97. The summed E-state index contributed by atoms with van der Waals surface area (Å²) in [5.41, 5.74) is 0. The molecule has 2 rings (SSSR count). The van der Waals surface area contributed by atoms with Crippen molar-refractivity contribution < 1.29 is 0 Å². The van der Waals surface area contributed by atoms with Crippen molar-refractivity contribution in [1.82, 2.24) is 15.1 Å². The lowest BCUT2D eigenvalue weighted by molar-refractivity contribution is 0.212. The van der Waals surface area contributed by atoms with Gasteiger partial charge in [-0.2, -0.15) is 0 Å². The fourth-order valence-electron chi connectivity index (χ4n) is 2.94. The second kappa shape index (κ2) is 5.48. The molecular formula is C13H27N3. The summed E-state index contributed by atoms with van der Waals surface area (Å²) in [6.07, 6.45) is 4.08. The first-order valence-corrected chi connectivity index (χ1v) is 6.77. The van der Waals surface area contributed by atoms with Crippen molar-refractivity contribution in [2.24, 2.45) is 5.92 Å². The van der Waals surface area contributed by atoms with Gasteiger partial charge in [0.15, 0.2) is 0 Å². The largest absolute Gasteiger partial charge is 0.312 e. The number of piperidine rings is 1. The highest BCUT2D eigenvalue weighted by Gasteiger charge is 2.26. The Morgan fingerprint density at radius 2 is 1.88 bits per heavy atom. The van der Waals surface area contributed by atoms with Crippen LogP contribution in [-0.2, 0) is 0 Å². The van der Waals surface area contributed by atoms with E-state index in [0.717, 1.165) is 18.0 Å². The maximum Gasteiger partial charge on any atom is 0.0209 e. The van der Waals surface area contributed by atoms with Gasteiger partial charge in [-0.1, -0.05) is 0 Å². The van der Waals surface area contributed by atoms with E-state index < -0.39 is 0 Å². The van der Waals surface area contributed by atoms with Crippen LogP contribution in [0.1, 0.15) is 26.2 Å². The molecule has 0 amide bonds. The minimum atomic E-state index is 0.736. The molecule has 0 saturated carbocycles. The molecule has 0 aromatic heterocycles. The Kier molecular flexibility index (Phi) is 4.22. The fraction of sp³-hybridized carbons (Fsp3) is 1.00. The van der Waals surface area contributed by atoms with Crippen molar-refractivity contribution in [3.8, 4) is 0 Å². The van der Waals surface area contributed by atoms with Gasteiger partial charge in [-0.05, 0) is 65.8 Å². The first kappa shape index (κ1) is 12.3. The zero-order valence-corrected chi connectivity index (χ0v) is 11.1. The minimum Gasteiger partial charge on any atom is -0.312 e. The summed E-state index contributed by atoms with van der Waals surface area (Å²) in [7, 11) is 4.47. The molecule has 0 aromatic carbocycles. The molecule has 0 spiro atoms. The molecule has 2 aliphatic heterocycles. The van der Waals surface area contributed by atoms with Gasteiger partial charge in [0, 0.05) is 18.6 Å². The van der Waals surface area contributed by atoms with Crippen LogP contribution in [0, 0.1) is 5.92 Å². The van der Waals surface area contributed by atoms with E-state index in [1.807, 2.05) is 0 Å². The highest BCUT2D eigenvalue weighted by Crippen LogP contribution is 2.18. The summed E-state index contributed by atoms with van der Waals surface area (Å²) in [6.45, 7) is 7.37. The summed E-state index contributed by atoms with van der Waals surface area (Å²) in [5, 5.41) is 3.77. The van der Waals surface area contributed by atoms with Crippen molar-refractivity contribution in [3.63, 3.8) is 0 Å². The van der Waals surface area contributed by atoms with E-state index in [4.69, 9.17) is 0 Å². The molecule has 16 heavy (non-hydrogen) atoms. The number of nitrogens with zero attached hydrogens (tertiary/aromatic N) is 2. The van der Waals surface area contributed by atoms with Crippen molar-refractivity contribution in [1.29, 1.82) is 0 Å². The van der Waals surface area contributed by atoms with Crippen molar-refractivity contribution >= 4 is 0 Å². The second-order valence-electron chi connectivity index (χ2n) is 5.88. The number of hydrogen-bond acceptors (Lipinski definition) is 3. The molecule has 3 heteroatoms. The Morgan fingerprint density at radius 1 is 1.19 bits per heavy atom. The Bertz CT molecular complexity index is 201. The molecule has 0 bridgehead atoms. The zero-order chi connectivity index (χ0) is 11.5. The first-order valence-electron chi connectivity index (χ1n) is 6.77. The molecule has 0 radical (unpaired) electrons. The molecule has 3 nitrogen and oxygen atoms in total. The molecule has 2 atom stereocenters. The third-order valence-corrected chi connectivity index (χ3v) is 4.42. The first-order chi connectivity index (χ1) is 7.65. The van der Waals surface area contributed by atoms with Crippen LogP contribution in [0.3, 0.4) is 0 Å². The molecule has 2 fully saturated rings. The quantitative estimate of drug-likeness (QED) is 0.773. The molecule has 1 N–H and O–H groups in total. The van der Waals surface area contributed by atoms with E-state index in [9.17, 15) is 0 Å². The summed E-state index contributed by atoms with van der Waals surface area (Å²) in [5.74, 6) is 0.914. The lowest BCUT2D eigenvalue weighted by Crippen LogP contribution is -2.39. The van der Waals surface area contributed by atoms with Gasteiger partial charge < -0.3 is 15.1 Å². The van der Waals surface area contributed by atoms with Gasteiger partial charge in [-0.3, -0.25) is 0 Å². The summed E-state index contributed by atoms with van der Waals surface area (Å²) < 4.78 is 0. The van der Waals surface area contributed by atoms with Gasteiger partial charge >= 0.3 is 0 Å². The smallest absolute Gasteiger partial charge is 0.0209 e. The van der Waals surface area contributed by atoms with E-state index in [2.05, 4.69) is 36.1 Å². The van der Waals surface area contributed by atoms with E-state index in [0.29, 0.717) is 0 Å². The molecule has 2 heterocycles. The lowest BCUT2D eigenvalue weighted by Gasteiger charge is -2.29. The number of rotatable bonds is 3. The highest BCUT2D eigenvalue weighted by atomic mass is 15.2. The molecule has 0 aromatic rings. The normalized spacial score (nSPS) is 34.7. The number of nitrogens with one attached hydrogen (secondary N) is 1. The second-order valence-corrected chi connectivity index (χ2v) is 5.88. The minimum absolute atomic E-state index is 0.736. The summed E-state index contributed by atoms with van der Waals surface area (Å²) in [6, 6.07) is 1.50. The Morgan fingerprint density at radius 3 is 2.44 bits per heavy atom. The van der Waals surface area contributed by atoms with Gasteiger partial charge in [-0.15, -0.1) is 0 Å². The average molecular weight is 225 g/mol. The van der Waals surface area contributed by atoms with Crippen LogP contribution >= 0.6 is 0 Å². The van der Waals surface area contributed by atoms with Crippen LogP contribution < -0.4 is 5.32 Å². The topological polar surface area (TPSA) is 18.5 Å². The van der Waals surface area contributed by atoms with Crippen LogP contribution in [0.25, 0.3) is 0 Å². The Hall–Kier alpha value is -0.120. The van der Waals surface area contributed by atoms with E-state index >= 15 is 0 Å².